The van der Waals surface area contributed by atoms with Gasteiger partial charge in [0.25, 0.3) is 0 Å². The molecular weight excluding hydrogens is 278 g/mol. The molecule has 2 atom stereocenters. The van der Waals surface area contributed by atoms with Gasteiger partial charge in [-0.05, 0) is 44.0 Å². The lowest BCUT2D eigenvalue weighted by molar-refractivity contribution is -0.122. The van der Waals surface area contributed by atoms with Crippen LogP contribution in [0.25, 0.3) is 0 Å². The molecule has 0 saturated heterocycles. The van der Waals surface area contributed by atoms with E-state index in [1.54, 1.807) is 23.1 Å². The molecule has 1 aromatic rings. The highest BCUT2D eigenvalue weighted by Gasteiger charge is 2.18. The quantitative estimate of drug-likeness (QED) is 0.765. The highest BCUT2D eigenvalue weighted by atomic mass is 32.2. The monoisotopic (exact) mass is 301 g/mol. The van der Waals surface area contributed by atoms with Crippen LogP contribution in [0.15, 0.2) is 17.5 Å². The van der Waals surface area contributed by atoms with Crippen LogP contribution in [0.3, 0.4) is 0 Å². The summed E-state index contributed by atoms with van der Waals surface area (Å²) in [4.78, 5) is 15.2. The zero-order valence-electron chi connectivity index (χ0n) is 11.8. The van der Waals surface area contributed by atoms with Gasteiger partial charge in [0.2, 0.25) is 5.91 Å². The molecule has 0 aliphatic carbocycles. The van der Waals surface area contributed by atoms with E-state index < -0.39 is 6.04 Å². The van der Waals surface area contributed by atoms with Crippen molar-refractivity contribution in [2.24, 2.45) is 5.73 Å². The molecule has 3 N–H and O–H groups in total. The maximum atomic E-state index is 11.9. The van der Waals surface area contributed by atoms with Crippen molar-refractivity contribution >= 4 is 29.0 Å². The molecule has 1 rings (SSSR count). The van der Waals surface area contributed by atoms with E-state index in [1.807, 2.05) is 26.4 Å². The third kappa shape index (κ3) is 5.52. The Morgan fingerprint density at radius 1 is 1.58 bits per heavy atom. The first-order valence-electron chi connectivity index (χ1n) is 6.28. The first-order chi connectivity index (χ1) is 9.06. The van der Waals surface area contributed by atoms with Crippen molar-refractivity contribution in [3.05, 3.63) is 22.4 Å². The molecule has 0 aromatic carbocycles. The van der Waals surface area contributed by atoms with Crippen LogP contribution in [-0.2, 0) is 4.79 Å². The molecule has 0 aliphatic rings. The smallest absolute Gasteiger partial charge is 0.237 e. The normalized spacial score (nSPS) is 14.4. The molecule has 6 heteroatoms. The van der Waals surface area contributed by atoms with Crippen molar-refractivity contribution in [3.63, 3.8) is 0 Å². The number of carbonyl (C=O) groups excluding carboxylic acids is 1. The van der Waals surface area contributed by atoms with E-state index in [9.17, 15) is 4.79 Å². The van der Waals surface area contributed by atoms with Crippen LogP contribution < -0.4 is 11.1 Å². The van der Waals surface area contributed by atoms with E-state index in [-0.39, 0.29) is 11.9 Å². The first kappa shape index (κ1) is 16.5. The molecule has 0 radical (unpaired) electrons. The second-order valence-corrected chi connectivity index (χ2v) is 6.59. The summed E-state index contributed by atoms with van der Waals surface area (Å²) >= 11 is 3.41. The highest BCUT2D eigenvalue weighted by molar-refractivity contribution is 7.98. The van der Waals surface area contributed by atoms with E-state index in [0.717, 1.165) is 12.2 Å². The minimum Gasteiger partial charge on any atom is -0.353 e. The summed E-state index contributed by atoms with van der Waals surface area (Å²) in [7, 11) is 4.04. The van der Waals surface area contributed by atoms with Crippen LogP contribution in [-0.4, -0.2) is 49.5 Å². The fourth-order valence-electron chi connectivity index (χ4n) is 1.72. The highest BCUT2D eigenvalue weighted by Crippen LogP contribution is 2.22. The minimum atomic E-state index is -0.404. The number of hydrogen-bond donors (Lipinski definition) is 2. The molecule has 0 fully saturated rings. The summed E-state index contributed by atoms with van der Waals surface area (Å²) in [6.45, 7) is 0.597. The Morgan fingerprint density at radius 3 is 2.84 bits per heavy atom. The number of thioether (sulfide) groups is 1. The van der Waals surface area contributed by atoms with Crippen LogP contribution in [0.1, 0.15) is 17.3 Å². The summed E-state index contributed by atoms with van der Waals surface area (Å²) < 4.78 is 0. The summed E-state index contributed by atoms with van der Waals surface area (Å²) in [5, 5.41) is 5.01. The standard InChI is InChI=1S/C13H23N3OS2/c1-16(2)11(12-5-4-7-19-12)9-15-13(17)10(14)6-8-18-3/h4-5,7,10-11H,6,8-9,14H2,1-3H3,(H,15,17)/t10-,11?/m1/s1. The van der Waals surface area contributed by atoms with Gasteiger partial charge < -0.3 is 16.0 Å². The Morgan fingerprint density at radius 2 is 2.32 bits per heavy atom. The van der Waals surface area contributed by atoms with Gasteiger partial charge in [-0.2, -0.15) is 11.8 Å². The van der Waals surface area contributed by atoms with Crippen LogP contribution >= 0.6 is 23.1 Å². The van der Waals surface area contributed by atoms with Crippen molar-refractivity contribution < 1.29 is 4.79 Å². The summed E-state index contributed by atoms with van der Waals surface area (Å²) in [6.07, 6.45) is 2.74. The van der Waals surface area contributed by atoms with Crippen molar-refractivity contribution in [2.75, 3.05) is 32.6 Å². The Labute approximate surface area is 123 Å². The lowest BCUT2D eigenvalue weighted by Crippen LogP contribution is -2.43. The number of amides is 1. The van der Waals surface area contributed by atoms with Crippen molar-refractivity contribution in [1.82, 2.24) is 10.2 Å². The Kier molecular flexibility index (Phi) is 7.45. The number of carbonyl (C=O) groups is 1. The zero-order chi connectivity index (χ0) is 14.3. The Balaban J connectivity index is 2.46. The first-order valence-corrected chi connectivity index (χ1v) is 8.55. The maximum absolute atomic E-state index is 11.9. The van der Waals surface area contributed by atoms with Gasteiger partial charge in [0, 0.05) is 11.4 Å². The Hall–Kier alpha value is -0.560. The number of hydrogen-bond acceptors (Lipinski definition) is 5. The maximum Gasteiger partial charge on any atom is 0.237 e. The molecular formula is C13H23N3OS2. The molecule has 0 spiro atoms. The summed E-state index contributed by atoms with van der Waals surface area (Å²) in [5.74, 6) is 0.855. The molecule has 19 heavy (non-hydrogen) atoms. The molecule has 1 aromatic heterocycles. The third-order valence-corrected chi connectivity index (χ3v) is 4.55. The predicted molar refractivity (Wildman–Crippen MR) is 84.7 cm³/mol. The molecule has 108 valence electrons. The fourth-order valence-corrected chi connectivity index (χ4v) is 3.14. The van der Waals surface area contributed by atoms with Crippen LogP contribution in [0, 0.1) is 0 Å². The van der Waals surface area contributed by atoms with Crippen LogP contribution in [0.5, 0.6) is 0 Å². The second kappa shape index (κ2) is 8.58. The zero-order valence-corrected chi connectivity index (χ0v) is 13.4. The van der Waals surface area contributed by atoms with Gasteiger partial charge >= 0.3 is 0 Å². The van der Waals surface area contributed by atoms with Gasteiger partial charge in [0.05, 0.1) is 12.1 Å². The SMILES string of the molecule is CSCC[C@@H](N)C(=O)NCC(c1cccs1)N(C)C. The molecule has 1 heterocycles. The average molecular weight is 301 g/mol. The Bertz CT molecular complexity index is 368. The topological polar surface area (TPSA) is 58.4 Å². The number of nitrogens with zero attached hydrogens (tertiary/aromatic N) is 1. The van der Waals surface area contributed by atoms with Crippen LogP contribution in [0.2, 0.25) is 0 Å². The lowest BCUT2D eigenvalue weighted by Gasteiger charge is -2.24. The van der Waals surface area contributed by atoms with E-state index in [1.165, 1.54) is 4.88 Å². The minimum absolute atomic E-state index is 0.0579. The van der Waals surface area contributed by atoms with Gasteiger partial charge in [-0.25, -0.2) is 0 Å². The van der Waals surface area contributed by atoms with Gasteiger partial charge in [-0.3, -0.25) is 4.79 Å². The van der Waals surface area contributed by atoms with Gasteiger partial charge in [0.1, 0.15) is 0 Å². The molecule has 0 aliphatic heterocycles. The molecule has 1 unspecified atom stereocenters. The molecule has 0 bridgehead atoms. The van der Waals surface area contributed by atoms with Crippen molar-refractivity contribution in [3.8, 4) is 0 Å². The van der Waals surface area contributed by atoms with Gasteiger partial charge in [-0.15, -0.1) is 11.3 Å². The summed E-state index contributed by atoms with van der Waals surface area (Å²) in [6, 6.07) is 3.92. The largest absolute Gasteiger partial charge is 0.353 e. The number of rotatable bonds is 8. The second-order valence-electron chi connectivity index (χ2n) is 4.63. The van der Waals surface area contributed by atoms with Crippen molar-refractivity contribution in [2.45, 2.75) is 18.5 Å². The third-order valence-electron chi connectivity index (χ3n) is 2.93. The number of nitrogens with one attached hydrogen (secondary N) is 1. The fraction of sp³-hybridized carbons (Fsp3) is 0.615. The number of likely N-dealkylation sites (N-methyl/N-ethyl adjacent to an activating group) is 1. The lowest BCUT2D eigenvalue weighted by atomic mass is 10.2. The molecule has 4 nitrogen and oxygen atoms in total. The molecule has 1 amide bonds. The van der Waals surface area contributed by atoms with E-state index in [4.69, 9.17) is 5.73 Å². The number of thiophene rings is 1. The van der Waals surface area contributed by atoms with Crippen LogP contribution in [0.4, 0.5) is 0 Å². The van der Waals surface area contributed by atoms with Gasteiger partial charge in [0.15, 0.2) is 0 Å². The van der Waals surface area contributed by atoms with Crippen molar-refractivity contribution in [1.29, 1.82) is 0 Å². The van der Waals surface area contributed by atoms with E-state index in [0.29, 0.717) is 6.54 Å². The number of nitrogens with two attached hydrogens (primary N) is 1. The van der Waals surface area contributed by atoms with E-state index >= 15 is 0 Å². The molecule has 0 saturated carbocycles. The van der Waals surface area contributed by atoms with E-state index in [2.05, 4.69) is 21.7 Å². The summed E-state index contributed by atoms with van der Waals surface area (Å²) in [5.41, 5.74) is 5.85. The predicted octanol–water partition coefficient (Wildman–Crippen LogP) is 1.55. The van der Waals surface area contributed by atoms with Gasteiger partial charge in [-0.1, -0.05) is 6.07 Å². The average Bonchev–Trinajstić information content (AvgIpc) is 2.89.